The summed E-state index contributed by atoms with van der Waals surface area (Å²) in [6.07, 6.45) is 1.36. The summed E-state index contributed by atoms with van der Waals surface area (Å²) < 4.78 is 0.511. The number of hydrogen-bond donors (Lipinski definition) is 2. The van der Waals surface area contributed by atoms with Crippen molar-refractivity contribution in [3.8, 4) is 0 Å². The molecule has 0 bridgehead atoms. The Morgan fingerprint density at radius 3 is 2.84 bits per heavy atom. The molecule has 0 spiro atoms. The van der Waals surface area contributed by atoms with Crippen molar-refractivity contribution in [2.24, 2.45) is 0 Å². The fourth-order valence-electron chi connectivity index (χ4n) is 1.62. The van der Waals surface area contributed by atoms with Crippen LogP contribution in [-0.4, -0.2) is 9.97 Å². The van der Waals surface area contributed by atoms with Crippen LogP contribution in [0.1, 0.15) is 18.5 Å². The second-order valence-electron chi connectivity index (χ2n) is 3.93. The summed E-state index contributed by atoms with van der Waals surface area (Å²) in [6, 6.07) is 5.22. The van der Waals surface area contributed by atoms with Crippen LogP contribution < -0.4 is 10.9 Å². The summed E-state index contributed by atoms with van der Waals surface area (Å²) in [5.74, 6) is 0.530. The fourth-order valence-corrected chi connectivity index (χ4v) is 2.64. The van der Waals surface area contributed by atoms with Crippen LogP contribution in [0.2, 0.25) is 10.0 Å². The monoisotopic (exact) mass is 409 g/mol. The number of aromatic amines is 1. The number of hydrogen-bond acceptors (Lipinski definition) is 3. The van der Waals surface area contributed by atoms with Gasteiger partial charge in [0.1, 0.15) is 9.39 Å². The number of halogens is 3. The van der Waals surface area contributed by atoms with Crippen LogP contribution in [0.25, 0.3) is 0 Å². The Bertz CT molecular complexity index is 660. The lowest BCUT2D eigenvalue weighted by Gasteiger charge is -2.17. The molecule has 1 heterocycles. The maximum atomic E-state index is 11.5. The highest BCUT2D eigenvalue weighted by Gasteiger charge is 2.13. The molecule has 2 rings (SSSR count). The number of nitrogens with one attached hydrogen (secondary N) is 2. The van der Waals surface area contributed by atoms with E-state index in [0.29, 0.717) is 19.4 Å². The van der Waals surface area contributed by atoms with E-state index >= 15 is 0 Å². The Labute approximate surface area is 133 Å². The predicted molar refractivity (Wildman–Crippen MR) is 86.1 cm³/mol. The minimum atomic E-state index is -0.174. The van der Waals surface area contributed by atoms with E-state index in [9.17, 15) is 4.79 Å². The summed E-state index contributed by atoms with van der Waals surface area (Å²) in [4.78, 5) is 18.1. The molecule has 1 unspecified atom stereocenters. The summed E-state index contributed by atoms with van der Waals surface area (Å²) in [6.45, 7) is 1.94. The Morgan fingerprint density at radius 1 is 1.42 bits per heavy atom. The van der Waals surface area contributed by atoms with E-state index < -0.39 is 0 Å². The molecule has 0 radical (unpaired) electrons. The zero-order valence-corrected chi connectivity index (χ0v) is 13.5. The lowest BCUT2D eigenvalue weighted by atomic mass is 10.1. The number of H-pyrrole nitrogens is 1. The first-order chi connectivity index (χ1) is 8.99. The molecule has 0 aliphatic carbocycles. The molecule has 0 aliphatic rings. The number of aromatic nitrogens is 2. The summed E-state index contributed by atoms with van der Waals surface area (Å²) in [7, 11) is 0. The Kier molecular flexibility index (Phi) is 4.70. The van der Waals surface area contributed by atoms with Crippen molar-refractivity contribution < 1.29 is 0 Å². The van der Waals surface area contributed by atoms with E-state index in [2.05, 4.69) is 15.3 Å². The van der Waals surface area contributed by atoms with E-state index in [-0.39, 0.29) is 11.6 Å². The lowest BCUT2D eigenvalue weighted by molar-refractivity contribution is 0.867. The number of nitrogens with zero attached hydrogens (tertiary/aromatic N) is 1. The fraction of sp³-hybridized carbons (Fsp3) is 0.167. The zero-order valence-electron chi connectivity index (χ0n) is 9.88. The Balaban J connectivity index is 2.28. The highest BCUT2D eigenvalue weighted by atomic mass is 127. The maximum absolute atomic E-state index is 11.5. The van der Waals surface area contributed by atoms with Crippen molar-refractivity contribution in [2.45, 2.75) is 13.0 Å². The molecule has 0 saturated carbocycles. The number of anilines is 1. The van der Waals surface area contributed by atoms with Crippen molar-refractivity contribution in [1.82, 2.24) is 9.97 Å². The quantitative estimate of drug-likeness (QED) is 0.757. The summed E-state index contributed by atoms with van der Waals surface area (Å²) in [5.41, 5.74) is 0.719. The van der Waals surface area contributed by atoms with Crippen molar-refractivity contribution in [2.75, 3.05) is 5.32 Å². The van der Waals surface area contributed by atoms with Crippen LogP contribution >= 0.6 is 45.8 Å². The van der Waals surface area contributed by atoms with Gasteiger partial charge in [0.2, 0.25) is 0 Å². The van der Waals surface area contributed by atoms with Gasteiger partial charge < -0.3 is 10.3 Å². The van der Waals surface area contributed by atoms with E-state index in [1.807, 2.05) is 35.6 Å². The second-order valence-corrected chi connectivity index (χ2v) is 5.85. The second kappa shape index (κ2) is 6.11. The predicted octanol–water partition coefficient (Wildman–Crippen LogP) is 3.85. The first-order valence-electron chi connectivity index (χ1n) is 5.43. The lowest BCUT2D eigenvalue weighted by Crippen LogP contribution is -2.16. The third-order valence-corrected chi connectivity index (χ3v) is 4.14. The Morgan fingerprint density at radius 2 is 2.16 bits per heavy atom. The van der Waals surface area contributed by atoms with Crippen molar-refractivity contribution in [3.63, 3.8) is 0 Å². The van der Waals surface area contributed by atoms with E-state index in [4.69, 9.17) is 23.2 Å². The Hall–Kier alpha value is -0.790. The molecule has 2 aromatic rings. The standard InChI is InChI=1S/C12H10Cl2IN3O/c1-6(8-3-2-7(13)4-9(8)14)18-11-10(15)12(19)17-5-16-11/h2-6H,1H3,(H2,16,17,18,19). The average Bonchev–Trinajstić information content (AvgIpc) is 2.34. The summed E-state index contributed by atoms with van der Waals surface area (Å²) >= 11 is 14.0. The summed E-state index contributed by atoms with van der Waals surface area (Å²) in [5, 5.41) is 4.33. The minimum absolute atomic E-state index is 0.0902. The van der Waals surface area contributed by atoms with E-state index in [1.165, 1.54) is 6.33 Å². The van der Waals surface area contributed by atoms with Gasteiger partial charge >= 0.3 is 0 Å². The van der Waals surface area contributed by atoms with Crippen molar-refractivity contribution in [1.29, 1.82) is 0 Å². The minimum Gasteiger partial charge on any atom is -0.362 e. The van der Waals surface area contributed by atoms with Gasteiger partial charge in [-0.2, -0.15) is 0 Å². The van der Waals surface area contributed by atoms with Crippen molar-refractivity contribution >= 4 is 51.6 Å². The maximum Gasteiger partial charge on any atom is 0.266 e. The van der Waals surface area contributed by atoms with Gasteiger partial charge in [-0.05, 0) is 47.2 Å². The highest BCUT2D eigenvalue weighted by molar-refractivity contribution is 14.1. The molecule has 7 heteroatoms. The molecule has 0 aliphatic heterocycles. The van der Waals surface area contributed by atoms with Gasteiger partial charge in [0.15, 0.2) is 0 Å². The van der Waals surface area contributed by atoms with Gasteiger partial charge in [-0.1, -0.05) is 29.3 Å². The van der Waals surface area contributed by atoms with Gasteiger partial charge in [-0.25, -0.2) is 4.98 Å². The van der Waals surface area contributed by atoms with Crippen LogP contribution in [0, 0.1) is 3.57 Å². The van der Waals surface area contributed by atoms with Gasteiger partial charge in [0.25, 0.3) is 5.56 Å². The third kappa shape index (κ3) is 3.40. The molecule has 1 aromatic carbocycles. The third-order valence-electron chi connectivity index (χ3n) is 2.58. The van der Waals surface area contributed by atoms with Gasteiger partial charge in [-0.15, -0.1) is 0 Å². The molecule has 2 N–H and O–H groups in total. The first kappa shape index (κ1) is 14.6. The number of benzene rings is 1. The van der Waals surface area contributed by atoms with Gasteiger partial charge in [-0.3, -0.25) is 4.79 Å². The van der Waals surface area contributed by atoms with Crippen LogP contribution in [-0.2, 0) is 0 Å². The van der Waals surface area contributed by atoms with E-state index in [0.717, 1.165) is 5.56 Å². The molecule has 1 atom stereocenters. The molecule has 4 nitrogen and oxygen atoms in total. The molecular formula is C12H10Cl2IN3O. The first-order valence-corrected chi connectivity index (χ1v) is 7.27. The van der Waals surface area contributed by atoms with Gasteiger partial charge in [0.05, 0.1) is 12.4 Å². The normalized spacial score (nSPS) is 12.2. The highest BCUT2D eigenvalue weighted by Crippen LogP contribution is 2.28. The topological polar surface area (TPSA) is 57.8 Å². The molecule has 0 fully saturated rings. The van der Waals surface area contributed by atoms with Crippen LogP contribution in [0.15, 0.2) is 29.3 Å². The SMILES string of the molecule is CC(Nc1nc[nH]c(=O)c1I)c1ccc(Cl)cc1Cl. The van der Waals surface area contributed by atoms with Crippen LogP contribution in [0.5, 0.6) is 0 Å². The molecule has 19 heavy (non-hydrogen) atoms. The molecule has 0 saturated heterocycles. The molecule has 1 aromatic heterocycles. The van der Waals surface area contributed by atoms with Crippen molar-refractivity contribution in [3.05, 3.63) is 54.1 Å². The molecule has 0 amide bonds. The molecule has 100 valence electrons. The van der Waals surface area contributed by atoms with Crippen LogP contribution in [0.4, 0.5) is 5.82 Å². The molecular weight excluding hydrogens is 400 g/mol. The average molecular weight is 410 g/mol. The smallest absolute Gasteiger partial charge is 0.266 e. The number of rotatable bonds is 3. The van der Waals surface area contributed by atoms with Crippen LogP contribution in [0.3, 0.4) is 0 Å². The van der Waals surface area contributed by atoms with E-state index in [1.54, 1.807) is 12.1 Å². The van der Waals surface area contributed by atoms with Gasteiger partial charge in [0, 0.05) is 10.0 Å². The largest absolute Gasteiger partial charge is 0.362 e. The zero-order chi connectivity index (χ0) is 14.0.